The fraction of sp³-hybridized carbons (Fsp3) is 0.375. The number of aromatic nitrogens is 3. The predicted octanol–water partition coefficient (Wildman–Crippen LogP) is -0.232. The van der Waals surface area contributed by atoms with Crippen LogP contribution >= 0.6 is 0 Å². The Balaban J connectivity index is 2.38. The summed E-state index contributed by atoms with van der Waals surface area (Å²) in [6.07, 6.45) is 3.31. The Labute approximate surface area is 138 Å². The number of hydrogen-bond acceptors (Lipinski definition) is 5. The van der Waals surface area contributed by atoms with Gasteiger partial charge in [-0.2, -0.15) is 0 Å². The number of carbonyl (C=O) groups is 1. The quantitative estimate of drug-likeness (QED) is 0.729. The zero-order valence-corrected chi connectivity index (χ0v) is 13.9. The van der Waals surface area contributed by atoms with Gasteiger partial charge in [-0.15, -0.1) is 0 Å². The van der Waals surface area contributed by atoms with Crippen LogP contribution in [0, 0.1) is 0 Å². The molecule has 0 bridgehead atoms. The molecule has 0 aliphatic heterocycles. The van der Waals surface area contributed by atoms with Crippen molar-refractivity contribution >= 4 is 5.91 Å². The first-order valence-electron chi connectivity index (χ1n) is 7.40. The molecular formula is C16H20N4O4. The van der Waals surface area contributed by atoms with E-state index in [-0.39, 0.29) is 5.69 Å². The van der Waals surface area contributed by atoms with Crippen molar-refractivity contribution in [2.45, 2.75) is 6.54 Å². The van der Waals surface area contributed by atoms with Gasteiger partial charge in [0.05, 0.1) is 6.61 Å². The number of amides is 1. The molecule has 0 aliphatic carbocycles. The molecule has 0 saturated carbocycles. The minimum atomic E-state index is -0.543. The van der Waals surface area contributed by atoms with Gasteiger partial charge in [-0.05, 0) is 11.6 Å². The van der Waals surface area contributed by atoms with E-state index in [1.54, 1.807) is 25.6 Å². The molecule has 0 spiro atoms. The molecule has 0 aliphatic rings. The number of rotatable bonds is 6. The third-order valence-electron chi connectivity index (χ3n) is 3.69. The molecule has 128 valence electrons. The lowest BCUT2D eigenvalue weighted by atomic mass is 10.2. The number of nitrogens with zero attached hydrogens (tertiary/aromatic N) is 4. The molecule has 0 aromatic carbocycles. The Bertz CT molecular complexity index is 826. The van der Waals surface area contributed by atoms with Crippen LogP contribution in [0.4, 0.5) is 0 Å². The van der Waals surface area contributed by atoms with Gasteiger partial charge >= 0.3 is 5.69 Å². The standard InChI is InChI=1S/C16H20N4O4/c1-18-13(9-14(21)19(2)16(18)23)15(22)20(7-8-24-3)11-12-5-4-6-17-10-12/h4-6,9-10H,7-8,11H2,1-3H3. The van der Waals surface area contributed by atoms with E-state index in [2.05, 4.69) is 4.98 Å². The minimum absolute atomic E-state index is 0.0445. The minimum Gasteiger partial charge on any atom is -0.383 e. The van der Waals surface area contributed by atoms with Crippen LogP contribution in [0.1, 0.15) is 16.1 Å². The van der Waals surface area contributed by atoms with Crippen molar-refractivity contribution in [3.8, 4) is 0 Å². The third kappa shape index (κ3) is 3.77. The van der Waals surface area contributed by atoms with E-state index >= 15 is 0 Å². The van der Waals surface area contributed by atoms with E-state index in [0.717, 1.165) is 10.1 Å². The summed E-state index contributed by atoms with van der Waals surface area (Å²) in [7, 11) is 4.38. The molecule has 2 heterocycles. The highest BCUT2D eigenvalue weighted by atomic mass is 16.5. The van der Waals surface area contributed by atoms with Crippen LogP contribution in [-0.2, 0) is 25.4 Å². The normalized spacial score (nSPS) is 10.6. The van der Waals surface area contributed by atoms with Crippen molar-refractivity contribution in [2.24, 2.45) is 14.1 Å². The molecule has 8 nitrogen and oxygen atoms in total. The largest absolute Gasteiger partial charge is 0.383 e. The zero-order chi connectivity index (χ0) is 17.7. The molecule has 0 N–H and O–H groups in total. The summed E-state index contributed by atoms with van der Waals surface area (Å²) in [5.74, 6) is -0.409. The van der Waals surface area contributed by atoms with Crippen LogP contribution in [0.2, 0.25) is 0 Å². The van der Waals surface area contributed by atoms with Crippen molar-refractivity contribution < 1.29 is 9.53 Å². The van der Waals surface area contributed by atoms with E-state index in [1.807, 2.05) is 6.07 Å². The van der Waals surface area contributed by atoms with Crippen LogP contribution < -0.4 is 11.2 Å². The average Bonchev–Trinajstić information content (AvgIpc) is 2.60. The second-order valence-electron chi connectivity index (χ2n) is 5.35. The Kier molecular flexibility index (Phi) is 5.64. The fourth-order valence-corrected chi connectivity index (χ4v) is 2.27. The van der Waals surface area contributed by atoms with E-state index in [0.29, 0.717) is 19.7 Å². The first kappa shape index (κ1) is 17.6. The molecule has 24 heavy (non-hydrogen) atoms. The number of carbonyl (C=O) groups excluding carboxylic acids is 1. The summed E-state index contributed by atoms with van der Waals surface area (Å²) in [5.41, 5.74) is -0.174. The first-order chi connectivity index (χ1) is 11.5. The number of methoxy groups -OCH3 is 1. The molecule has 2 rings (SSSR count). The van der Waals surface area contributed by atoms with Gasteiger partial charge in [0.15, 0.2) is 0 Å². The summed E-state index contributed by atoms with van der Waals surface area (Å²) in [5, 5.41) is 0. The highest BCUT2D eigenvalue weighted by Crippen LogP contribution is 2.07. The summed E-state index contributed by atoms with van der Waals surface area (Å²) in [6, 6.07) is 4.80. The van der Waals surface area contributed by atoms with Crippen molar-refractivity contribution in [3.05, 3.63) is 62.7 Å². The molecule has 8 heteroatoms. The Morgan fingerprint density at radius 3 is 2.67 bits per heavy atom. The predicted molar refractivity (Wildman–Crippen MR) is 87.8 cm³/mol. The summed E-state index contributed by atoms with van der Waals surface area (Å²) in [4.78, 5) is 42.3. The van der Waals surface area contributed by atoms with Crippen LogP contribution in [0.25, 0.3) is 0 Å². The van der Waals surface area contributed by atoms with Gasteiger partial charge in [-0.25, -0.2) is 4.79 Å². The topological polar surface area (TPSA) is 86.4 Å². The molecule has 0 atom stereocenters. The molecule has 2 aromatic rings. The van der Waals surface area contributed by atoms with Gasteiger partial charge < -0.3 is 9.64 Å². The van der Waals surface area contributed by atoms with E-state index in [1.165, 1.54) is 29.6 Å². The van der Waals surface area contributed by atoms with Crippen molar-refractivity contribution in [3.63, 3.8) is 0 Å². The van der Waals surface area contributed by atoms with Crippen molar-refractivity contribution in [1.82, 2.24) is 19.0 Å². The summed E-state index contributed by atoms with van der Waals surface area (Å²) in [6.45, 7) is 0.970. The van der Waals surface area contributed by atoms with Gasteiger partial charge in [0, 0.05) is 52.8 Å². The van der Waals surface area contributed by atoms with Crippen LogP contribution in [0.5, 0.6) is 0 Å². The number of hydrogen-bond donors (Lipinski definition) is 0. The zero-order valence-electron chi connectivity index (χ0n) is 13.9. The maximum Gasteiger partial charge on any atom is 0.331 e. The second kappa shape index (κ2) is 7.69. The van der Waals surface area contributed by atoms with Crippen LogP contribution in [0.3, 0.4) is 0 Å². The summed E-state index contributed by atoms with van der Waals surface area (Å²) >= 11 is 0. The molecule has 0 radical (unpaired) electrons. The lowest BCUT2D eigenvalue weighted by molar-refractivity contribution is 0.0668. The lowest BCUT2D eigenvalue weighted by Crippen LogP contribution is -2.43. The van der Waals surface area contributed by atoms with Crippen LogP contribution in [-0.4, -0.2) is 45.2 Å². The molecular weight excluding hydrogens is 312 g/mol. The van der Waals surface area contributed by atoms with E-state index in [9.17, 15) is 14.4 Å². The Hall–Kier alpha value is -2.74. The van der Waals surface area contributed by atoms with Crippen molar-refractivity contribution in [1.29, 1.82) is 0 Å². The molecule has 1 amide bonds. The second-order valence-corrected chi connectivity index (χ2v) is 5.35. The maximum atomic E-state index is 12.8. The van der Waals surface area contributed by atoms with E-state index < -0.39 is 17.2 Å². The molecule has 2 aromatic heterocycles. The summed E-state index contributed by atoms with van der Waals surface area (Å²) < 4.78 is 7.18. The molecule has 0 saturated heterocycles. The lowest BCUT2D eigenvalue weighted by Gasteiger charge is -2.23. The van der Waals surface area contributed by atoms with Gasteiger partial charge in [0.2, 0.25) is 0 Å². The third-order valence-corrected chi connectivity index (χ3v) is 3.69. The van der Waals surface area contributed by atoms with Gasteiger partial charge in [0.1, 0.15) is 5.69 Å². The average molecular weight is 332 g/mol. The van der Waals surface area contributed by atoms with Crippen molar-refractivity contribution in [2.75, 3.05) is 20.3 Å². The van der Waals surface area contributed by atoms with E-state index in [4.69, 9.17) is 4.74 Å². The first-order valence-corrected chi connectivity index (χ1v) is 7.40. The highest BCUT2D eigenvalue weighted by Gasteiger charge is 2.20. The van der Waals surface area contributed by atoms with Gasteiger partial charge in [-0.1, -0.05) is 6.07 Å². The fourth-order valence-electron chi connectivity index (χ4n) is 2.27. The SMILES string of the molecule is COCCN(Cc1cccnc1)C(=O)c1cc(=O)n(C)c(=O)n1C. The maximum absolute atomic E-state index is 12.8. The Morgan fingerprint density at radius 1 is 1.29 bits per heavy atom. The Morgan fingerprint density at radius 2 is 2.04 bits per heavy atom. The highest BCUT2D eigenvalue weighted by molar-refractivity contribution is 5.92. The van der Waals surface area contributed by atoms with Crippen LogP contribution in [0.15, 0.2) is 40.2 Å². The van der Waals surface area contributed by atoms with Gasteiger partial charge in [-0.3, -0.25) is 23.7 Å². The number of ether oxygens (including phenoxy) is 1. The monoisotopic (exact) mass is 332 g/mol. The smallest absolute Gasteiger partial charge is 0.331 e. The molecule has 0 unspecified atom stereocenters. The number of pyridine rings is 1. The van der Waals surface area contributed by atoms with Gasteiger partial charge in [0.25, 0.3) is 11.5 Å². The molecule has 0 fully saturated rings.